The van der Waals surface area contributed by atoms with Gasteiger partial charge in [-0.25, -0.2) is 0 Å². The van der Waals surface area contributed by atoms with E-state index in [1.807, 2.05) is 0 Å². The highest BCUT2D eigenvalue weighted by molar-refractivity contribution is 4.84. The van der Waals surface area contributed by atoms with Crippen molar-refractivity contribution in [3.8, 4) is 0 Å². The van der Waals surface area contributed by atoms with Crippen LogP contribution in [-0.2, 0) is 0 Å². The van der Waals surface area contributed by atoms with Gasteiger partial charge in [-0.15, -0.1) is 0 Å². The van der Waals surface area contributed by atoms with Crippen LogP contribution in [0.5, 0.6) is 0 Å². The van der Waals surface area contributed by atoms with E-state index in [0.29, 0.717) is 5.41 Å². The van der Waals surface area contributed by atoms with E-state index in [2.05, 4.69) is 24.2 Å². The Balaban J connectivity index is 1.72. The highest BCUT2D eigenvalue weighted by atomic mass is 15.1. The molecular weight excluding hydrogens is 220 g/mol. The van der Waals surface area contributed by atoms with Crippen molar-refractivity contribution in [1.29, 1.82) is 0 Å². The summed E-state index contributed by atoms with van der Waals surface area (Å²) < 4.78 is 0. The summed E-state index contributed by atoms with van der Waals surface area (Å²) >= 11 is 0. The van der Waals surface area contributed by atoms with Crippen LogP contribution in [0.2, 0.25) is 0 Å². The zero-order valence-electron chi connectivity index (χ0n) is 12.5. The molecule has 0 aromatic carbocycles. The Bertz CT molecular complexity index is 223. The average Bonchev–Trinajstić information content (AvgIpc) is 2.32. The summed E-state index contributed by atoms with van der Waals surface area (Å²) in [6.45, 7) is 6.28. The summed E-state index contributed by atoms with van der Waals surface area (Å²) in [7, 11) is 2.25. The molecule has 2 heteroatoms. The van der Waals surface area contributed by atoms with Crippen molar-refractivity contribution in [2.75, 3.05) is 26.7 Å². The lowest BCUT2D eigenvalue weighted by molar-refractivity contribution is 0.131. The first kappa shape index (κ1) is 14.3. The van der Waals surface area contributed by atoms with Gasteiger partial charge in [0.2, 0.25) is 0 Å². The van der Waals surface area contributed by atoms with Gasteiger partial charge in [0.15, 0.2) is 0 Å². The van der Waals surface area contributed by atoms with Gasteiger partial charge in [-0.2, -0.15) is 0 Å². The van der Waals surface area contributed by atoms with Gasteiger partial charge in [0, 0.05) is 12.6 Å². The van der Waals surface area contributed by atoms with Gasteiger partial charge in [-0.05, 0) is 51.2 Å². The molecule has 0 bridgehead atoms. The third-order valence-electron chi connectivity index (χ3n) is 5.12. The highest BCUT2D eigenvalue weighted by Crippen LogP contribution is 2.30. The Morgan fingerprint density at radius 1 is 1.00 bits per heavy atom. The minimum absolute atomic E-state index is 0.550. The molecule has 1 aliphatic carbocycles. The number of piperidine rings is 1. The second-order valence-corrected chi connectivity index (χ2v) is 7.04. The lowest BCUT2D eigenvalue weighted by Crippen LogP contribution is -2.44. The quantitative estimate of drug-likeness (QED) is 0.828. The van der Waals surface area contributed by atoms with E-state index in [4.69, 9.17) is 0 Å². The van der Waals surface area contributed by atoms with E-state index in [9.17, 15) is 0 Å². The molecule has 0 aromatic rings. The van der Waals surface area contributed by atoms with Crippen LogP contribution in [0.25, 0.3) is 0 Å². The van der Waals surface area contributed by atoms with Crippen LogP contribution in [-0.4, -0.2) is 37.6 Å². The second kappa shape index (κ2) is 6.91. The van der Waals surface area contributed by atoms with E-state index < -0.39 is 0 Å². The third-order valence-corrected chi connectivity index (χ3v) is 5.12. The Morgan fingerprint density at radius 3 is 2.17 bits per heavy atom. The van der Waals surface area contributed by atoms with E-state index in [-0.39, 0.29) is 0 Å². The molecule has 18 heavy (non-hydrogen) atoms. The molecular formula is C16H32N2. The SMILES string of the molecule is CN1CCC(C)(CNC2CCCCCCC2)CC1. The zero-order chi connectivity index (χ0) is 12.8. The number of nitrogens with zero attached hydrogens (tertiary/aromatic N) is 1. The van der Waals surface area contributed by atoms with Gasteiger partial charge in [-0.1, -0.05) is 39.0 Å². The van der Waals surface area contributed by atoms with Gasteiger partial charge >= 0.3 is 0 Å². The fourth-order valence-electron chi connectivity index (χ4n) is 3.39. The third kappa shape index (κ3) is 4.55. The molecule has 0 amide bonds. The molecule has 1 aliphatic heterocycles. The van der Waals surface area contributed by atoms with Gasteiger partial charge in [-0.3, -0.25) is 0 Å². The van der Waals surface area contributed by atoms with E-state index in [0.717, 1.165) is 6.04 Å². The fourth-order valence-corrected chi connectivity index (χ4v) is 3.39. The number of rotatable bonds is 3. The first-order valence-corrected chi connectivity index (χ1v) is 8.10. The van der Waals surface area contributed by atoms with Crippen molar-refractivity contribution < 1.29 is 0 Å². The van der Waals surface area contributed by atoms with Crippen molar-refractivity contribution in [2.24, 2.45) is 5.41 Å². The van der Waals surface area contributed by atoms with Gasteiger partial charge < -0.3 is 10.2 Å². The van der Waals surface area contributed by atoms with Crippen molar-refractivity contribution in [3.63, 3.8) is 0 Å². The molecule has 2 rings (SSSR count). The Kier molecular flexibility index (Phi) is 5.50. The molecule has 2 fully saturated rings. The van der Waals surface area contributed by atoms with Crippen LogP contribution < -0.4 is 5.32 Å². The van der Waals surface area contributed by atoms with Gasteiger partial charge in [0.25, 0.3) is 0 Å². The molecule has 1 saturated carbocycles. The molecule has 2 aliphatic rings. The van der Waals surface area contributed by atoms with Gasteiger partial charge in [0.1, 0.15) is 0 Å². The second-order valence-electron chi connectivity index (χ2n) is 7.04. The standard InChI is InChI=1S/C16H32N2/c1-16(10-12-18(2)13-11-16)14-17-15-8-6-4-3-5-7-9-15/h15,17H,3-14H2,1-2H3. The maximum atomic E-state index is 3.90. The molecule has 0 aromatic heterocycles. The van der Waals surface area contributed by atoms with Gasteiger partial charge in [0.05, 0.1) is 0 Å². The lowest BCUT2D eigenvalue weighted by Gasteiger charge is -2.39. The minimum atomic E-state index is 0.550. The summed E-state index contributed by atoms with van der Waals surface area (Å²) in [5, 5.41) is 3.90. The van der Waals surface area contributed by atoms with Crippen LogP contribution in [0, 0.1) is 5.41 Å². The molecule has 0 spiro atoms. The first-order chi connectivity index (χ1) is 8.68. The van der Waals surface area contributed by atoms with E-state index >= 15 is 0 Å². The lowest BCUT2D eigenvalue weighted by atomic mass is 9.80. The number of hydrogen-bond donors (Lipinski definition) is 1. The van der Waals surface area contributed by atoms with Crippen molar-refractivity contribution in [2.45, 2.75) is 70.8 Å². The summed E-state index contributed by atoms with van der Waals surface area (Å²) in [5.41, 5.74) is 0.550. The molecule has 1 saturated heterocycles. The number of hydrogen-bond acceptors (Lipinski definition) is 2. The Hall–Kier alpha value is -0.0800. The van der Waals surface area contributed by atoms with Crippen molar-refractivity contribution in [3.05, 3.63) is 0 Å². The van der Waals surface area contributed by atoms with E-state index in [1.165, 1.54) is 77.4 Å². The van der Waals surface area contributed by atoms with Crippen LogP contribution in [0.3, 0.4) is 0 Å². The Labute approximate surface area is 114 Å². The predicted octanol–water partition coefficient (Wildman–Crippen LogP) is 3.42. The molecule has 0 atom stereocenters. The molecule has 0 unspecified atom stereocenters. The van der Waals surface area contributed by atoms with Crippen LogP contribution in [0.1, 0.15) is 64.7 Å². The van der Waals surface area contributed by atoms with Crippen LogP contribution in [0.15, 0.2) is 0 Å². The van der Waals surface area contributed by atoms with Crippen molar-refractivity contribution >= 4 is 0 Å². The smallest absolute Gasteiger partial charge is 0.00672 e. The van der Waals surface area contributed by atoms with Crippen molar-refractivity contribution in [1.82, 2.24) is 10.2 Å². The number of likely N-dealkylation sites (tertiary alicyclic amines) is 1. The normalized spacial score (nSPS) is 27.7. The monoisotopic (exact) mass is 252 g/mol. The summed E-state index contributed by atoms with van der Waals surface area (Å²) in [5.74, 6) is 0. The summed E-state index contributed by atoms with van der Waals surface area (Å²) in [4.78, 5) is 2.47. The maximum absolute atomic E-state index is 3.90. The molecule has 0 radical (unpaired) electrons. The largest absolute Gasteiger partial charge is 0.313 e. The molecule has 106 valence electrons. The number of nitrogens with one attached hydrogen (secondary N) is 1. The average molecular weight is 252 g/mol. The summed E-state index contributed by atoms with van der Waals surface area (Å²) in [6.07, 6.45) is 12.8. The molecule has 1 heterocycles. The zero-order valence-corrected chi connectivity index (χ0v) is 12.5. The molecule has 1 N–H and O–H groups in total. The topological polar surface area (TPSA) is 15.3 Å². The van der Waals surface area contributed by atoms with Crippen LogP contribution >= 0.6 is 0 Å². The maximum Gasteiger partial charge on any atom is 0.00672 e. The Morgan fingerprint density at radius 2 is 1.56 bits per heavy atom. The minimum Gasteiger partial charge on any atom is -0.313 e. The highest BCUT2D eigenvalue weighted by Gasteiger charge is 2.29. The molecule has 2 nitrogen and oxygen atoms in total. The van der Waals surface area contributed by atoms with Crippen LogP contribution in [0.4, 0.5) is 0 Å². The first-order valence-electron chi connectivity index (χ1n) is 8.10. The van der Waals surface area contributed by atoms with E-state index in [1.54, 1.807) is 0 Å². The summed E-state index contributed by atoms with van der Waals surface area (Å²) in [6, 6.07) is 0.807. The predicted molar refractivity (Wildman–Crippen MR) is 78.9 cm³/mol. The fraction of sp³-hybridized carbons (Fsp3) is 1.00.